The summed E-state index contributed by atoms with van der Waals surface area (Å²) < 4.78 is 31.7. The molecule has 0 saturated carbocycles. The number of anilines is 1. The molecule has 2 aromatic carbocycles. The van der Waals surface area contributed by atoms with Gasteiger partial charge in [-0.05, 0) is 37.3 Å². The summed E-state index contributed by atoms with van der Waals surface area (Å²) in [7, 11) is 1.56. The molecule has 0 unspecified atom stereocenters. The van der Waals surface area contributed by atoms with Crippen molar-refractivity contribution in [3.8, 4) is 11.3 Å². The lowest BCUT2D eigenvalue weighted by atomic mass is 10.1. The molecule has 2 N–H and O–H groups in total. The predicted molar refractivity (Wildman–Crippen MR) is 122 cm³/mol. The first-order valence-corrected chi connectivity index (χ1v) is 11.4. The van der Waals surface area contributed by atoms with E-state index in [9.17, 15) is 18.4 Å². The molecule has 0 atom stereocenters. The molecule has 0 spiro atoms. The Bertz CT molecular complexity index is 1120. The monoisotopic (exact) mass is 477 g/mol. The Morgan fingerprint density at radius 1 is 1.16 bits per heavy atom. The fraction of sp³-hybridized carbons (Fsp3) is 0.227. The largest absolute Gasteiger partial charge is 0.383 e. The fourth-order valence-electron chi connectivity index (χ4n) is 2.79. The van der Waals surface area contributed by atoms with Gasteiger partial charge in [0.1, 0.15) is 0 Å². The van der Waals surface area contributed by atoms with Gasteiger partial charge in [0.15, 0.2) is 16.8 Å². The Labute approximate surface area is 192 Å². The van der Waals surface area contributed by atoms with Crippen molar-refractivity contribution in [3.63, 3.8) is 0 Å². The van der Waals surface area contributed by atoms with Crippen molar-refractivity contribution >= 4 is 40.0 Å². The van der Waals surface area contributed by atoms with E-state index in [4.69, 9.17) is 4.74 Å². The van der Waals surface area contributed by atoms with Crippen LogP contribution in [0.15, 0.2) is 47.4 Å². The van der Waals surface area contributed by atoms with E-state index in [0.717, 1.165) is 17.0 Å². The van der Waals surface area contributed by atoms with Gasteiger partial charge < -0.3 is 10.1 Å². The summed E-state index contributed by atoms with van der Waals surface area (Å²) in [4.78, 5) is 30.6. The van der Waals surface area contributed by atoms with Gasteiger partial charge in [0.05, 0.1) is 23.6 Å². The highest BCUT2D eigenvalue weighted by molar-refractivity contribution is 8.00. The minimum atomic E-state index is -0.960. The number of benzene rings is 2. The van der Waals surface area contributed by atoms with Crippen molar-refractivity contribution in [3.05, 3.63) is 64.5 Å². The van der Waals surface area contributed by atoms with E-state index in [1.165, 1.54) is 29.2 Å². The summed E-state index contributed by atoms with van der Waals surface area (Å²) in [6.07, 6.45) is 0. The normalized spacial score (nSPS) is 10.8. The topological polar surface area (TPSA) is 80.3 Å². The summed E-state index contributed by atoms with van der Waals surface area (Å²) in [6.45, 7) is 2.63. The van der Waals surface area contributed by atoms with Crippen molar-refractivity contribution in [2.45, 2.75) is 11.8 Å². The lowest BCUT2D eigenvalue weighted by Crippen LogP contribution is -2.28. The van der Waals surface area contributed by atoms with Crippen LogP contribution in [-0.2, 0) is 9.53 Å². The molecule has 1 heterocycles. The highest BCUT2D eigenvalue weighted by Gasteiger charge is 2.17. The maximum absolute atomic E-state index is 13.6. The molecule has 0 aliphatic rings. The van der Waals surface area contributed by atoms with E-state index < -0.39 is 11.6 Å². The number of ether oxygens (including phenoxy) is 1. The van der Waals surface area contributed by atoms with Gasteiger partial charge in [-0.15, -0.1) is 23.1 Å². The molecule has 0 fully saturated rings. The first-order valence-electron chi connectivity index (χ1n) is 9.60. The number of halogens is 2. The van der Waals surface area contributed by atoms with E-state index in [1.54, 1.807) is 38.3 Å². The number of aryl methyl sites for hydroxylation is 1. The van der Waals surface area contributed by atoms with E-state index in [0.29, 0.717) is 40.0 Å². The number of hydrogen-bond donors (Lipinski definition) is 2. The maximum atomic E-state index is 13.6. The van der Waals surface area contributed by atoms with Crippen molar-refractivity contribution in [2.24, 2.45) is 0 Å². The van der Waals surface area contributed by atoms with Gasteiger partial charge in [0.25, 0.3) is 5.91 Å². The van der Waals surface area contributed by atoms with Crippen LogP contribution >= 0.6 is 23.1 Å². The van der Waals surface area contributed by atoms with Crippen LogP contribution in [0.1, 0.15) is 15.2 Å². The van der Waals surface area contributed by atoms with Crippen molar-refractivity contribution in [1.82, 2.24) is 10.3 Å². The number of carbonyl (C=O) groups excluding carboxylic acids is 2. The van der Waals surface area contributed by atoms with Crippen LogP contribution in [0.3, 0.4) is 0 Å². The van der Waals surface area contributed by atoms with Crippen LogP contribution in [0, 0.1) is 18.6 Å². The number of amides is 2. The number of rotatable bonds is 9. The lowest BCUT2D eigenvalue weighted by Gasteiger charge is -2.09. The van der Waals surface area contributed by atoms with E-state index in [1.807, 2.05) is 0 Å². The molecule has 32 heavy (non-hydrogen) atoms. The third kappa shape index (κ3) is 6.12. The predicted octanol–water partition coefficient (Wildman–Crippen LogP) is 4.50. The summed E-state index contributed by atoms with van der Waals surface area (Å²) in [5.41, 5.74) is 1.30. The number of carbonyl (C=O) groups is 2. The number of aromatic nitrogens is 1. The standard InChI is InChI=1S/C22H21F2N3O3S2/c1-13-20(14-7-8-16(23)17(24)11-14)26-22(32-13)27-21(29)15-5-3-4-6-18(15)31-12-19(28)25-9-10-30-2/h3-8,11H,9-10,12H2,1-2H3,(H,25,28)(H,26,27,29). The molecule has 1 aromatic heterocycles. The van der Waals surface area contributed by atoms with Crippen LogP contribution in [0.2, 0.25) is 0 Å². The van der Waals surface area contributed by atoms with Crippen molar-refractivity contribution in [2.75, 3.05) is 31.3 Å². The van der Waals surface area contributed by atoms with E-state index in [2.05, 4.69) is 15.6 Å². The molecule has 2 amide bonds. The molecular weight excluding hydrogens is 456 g/mol. The number of nitrogens with zero attached hydrogens (tertiary/aromatic N) is 1. The molecule has 0 aliphatic heterocycles. The molecule has 0 aliphatic carbocycles. The smallest absolute Gasteiger partial charge is 0.258 e. The molecule has 0 radical (unpaired) electrons. The number of methoxy groups -OCH3 is 1. The molecular formula is C22H21F2N3O3S2. The lowest BCUT2D eigenvalue weighted by molar-refractivity contribution is -0.118. The van der Waals surface area contributed by atoms with E-state index >= 15 is 0 Å². The maximum Gasteiger partial charge on any atom is 0.258 e. The van der Waals surface area contributed by atoms with Gasteiger partial charge in [-0.2, -0.15) is 0 Å². The molecule has 10 heteroatoms. The Kier molecular flexibility index (Phi) is 8.32. The first kappa shape index (κ1) is 23.8. The molecule has 0 bridgehead atoms. The van der Waals surface area contributed by atoms with Crippen molar-refractivity contribution < 1.29 is 23.1 Å². The van der Waals surface area contributed by atoms with Gasteiger partial charge in [0.2, 0.25) is 5.91 Å². The third-order valence-electron chi connectivity index (χ3n) is 4.33. The van der Waals surface area contributed by atoms with Crippen LogP contribution < -0.4 is 10.6 Å². The molecule has 168 valence electrons. The van der Waals surface area contributed by atoms with Crippen LogP contribution in [0.25, 0.3) is 11.3 Å². The number of thioether (sulfide) groups is 1. The average molecular weight is 478 g/mol. The molecule has 3 rings (SSSR count). The van der Waals surface area contributed by atoms with Crippen LogP contribution in [0.5, 0.6) is 0 Å². The highest BCUT2D eigenvalue weighted by Crippen LogP contribution is 2.32. The van der Waals surface area contributed by atoms with Crippen LogP contribution in [-0.4, -0.2) is 42.8 Å². The van der Waals surface area contributed by atoms with Gasteiger partial charge >= 0.3 is 0 Å². The minimum absolute atomic E-state index is 0.157. The van der Waals surface area contributed by atoms with Gasteiger partial charge in [-0.25, -0.2) is 13.8 Å². The van der Waals surface area contributed by atoms with Gasteiger partial charge in [-0.3, -0.25) is 14.9 Å². The van der Waals surface area contributed by atoms with Gasteiger partial charge in [0, 0.05) is 29.0 Å². The number of nitrogens with one attached hydrogen (secondary N) is 2. The zero-order valence-corrected chi connectivity index (χ0v) is 19.0. The second kappa shape index (κ2) is 11.2. The Morgan fingerprint density at radius 3 is 2.69 bits per heavy atom. The number of thiazole rings is 1. The quantitative estimate of drug-likeness (QED) is 0.350. The molecule has 6 nitrogen and oxygen atoms in total. The second-order valence-electron chi connectivity index (χ2n) is 6.63. The third-order valence-corrected chi connectivity index (χ3v) is 6.29. The number of hydrogen-bond acceptors (Lipinski definition) is 6. The SMILES string of the molecule is COCCNC(=O)CSc1ccccc1C(=O)Nc1nc(-c2ccc(F)c(F)c2)c(C)s1. The molecule has 0 saturated heterocycles. The summed E-state index contributed by atoms with van der Waals surface area (Å²) >= 11 is 2.49. The summed E-state index contributed by atoms with van der Waals surface area (Å²) in [5, 5.41) is 5.82. The Balaban J connectivity index is 1.70. The zero-order valence-electron chi connectivity index (χ0n) is 17.4. The Morgan fingerprint density at radius 2 is 1.94 bits per heavy atom. The Hall–Kier alpha value is -2.82. The second-order valence-corrected chi connectivity index (χ2v) is 8.85. The zero-order chi connectivity index (χ0) is 23.1. The average Bonchev–Trinajstić information content (AvgIpc) is 3.14. The fourth-order valence-corrected chi connectivity index (χ4v) is 4.50. The summed E-state index contributed by atoms with van der Waals surface area (Å²) in [6, 6.07) is 10.5. The van der Waals surface area contributed by atoms with Crippen molar-refractivity contribution in [1.29, 1.82) is 0 Å². The van der Waals surface area contributed by atoms with E-state index in [-0.39, 0.29) is 17.6 Å². The summed E-state index contributed by atoms with van der Waals surface area (Å²) in [5.74, 6) is -2.27. The van der Waals surface area contributed by atoms with Crippen LogP contribution in [0.4, 0.5) is 13.9 Å². The minimum Gasteiger partial charge on any atom is -0.383 e. The first-order chi connectivity index (χ1) is 15.4. The highest BCUT2D eigenvalue weighted by atomic mass is 32.2. The molecule has 3 aromatic rings. The van der Waals surface area contributed by atoms with Gasteiger partial charge in [-0.1, -0.05) is 12.1 Å².